The van der Waals surface area contributed by atoms with E-state index >= 15 is 0 Å². The summed E-state index contributed by atoms with van der Waals surface area (Å²) < 4.78 is 8.14. The van der Waals surface area contributed by atoms with E-state index in [1.165, 1.54) is 10.9 Å². The molecule has 0 amide bonds. The Morgan fingerprint density at radius 3 is 2.42 bits per heavy atom. The van der Waals surface area contributed by atoms with E-state index in [9.17, 15) is 9.59 Å². The Morgan fingerprint density at radius 1 is 0.944 bits per heavy atom. The standard InChI is InChI=1S/C26H17Cl3N4O3/c1-2-36-26(35)15-4-3-5-19(12-15)32-14-30-23-22(32)25(34)33(18-9-6-16(27)7-10-18)24(31-23)20-11-8-17(28)13-21(20)29/h3-14H,2H2,1H3. The largest absolute Gasteiger partial charge is 0.462 e. The second-order valence-corrected chi connectivity index (χ2v) is 9.01. The van der Waals surface area contributed by atoms with Gasteiger partial charge in [0.25, 0.3) is 5.56 Å². The first kappa shape index (κ1) is 24.1. The van der Waals surface area contributed by atoms with E-state index in [1.807, 2.05) is 0 Å². The molecule has 0 aliphatic heterocycles. The van der Waals surface area contributed by atoms with Crippen molar-refractivity contribution in [3.05, 3.63) is 104 Å². The van der Waals surface area contributed by atoms with Crippen molar-refractivity contribution in [2.24, 2.45) is 0 Å². The highest BCUT2D eigenvalue weighted by Gasteiger charge is 2.21. The van der Waals surface area contributed by atoms with E-state index in [2.05, 4.69) is 4.98 Å². The molecule has 10 heteroatoms. The molecule has 7 nitrogen and oxygen atoms in total. The summed E-state index contributed by atoms with van der Waals surface area (Å²) in [6, 6.07) is 18.5. The highest BCUT2D eigenvalue weighted by molar-refractivity contribution is 6.36. The SMILES string of the molecule is CCOC(=O)c1cccc(-n2cnc3nc(-c4ccc(Cl)cc4Cl)n(-c4ccc(Cl)cc4)c(=O)c32)c1. The number of carbonyl (C=O) groups is 1. The van der Waals surface area contributed by atoms with Gasteiger partial charge >= 0.3 is 5.97 Å². The average molecular weight is 540 g/mol. The fraction of sp³-hybridized carbons (Fsp3) is 0.0769. The van der Waals surface area contributed by atoms with Crippen LogP contribution >= 0.6 is 34.8 Å². The lowest BCUT2D eigenvalue weighted by Crippen LogP contribution is -2.23. The minimum absolute atomic E-state index is 0.216. The molecule has 2 heterocycles. The summed E-state index contributed by atoms with van der Waals surface area (Å²) in [6.45, 7) is 1.99. The Labute approximate surface area is 220 Å². The fourth-order valence-electron chi connectivity index (χ4n) is 3.85. The molecule has 0 spiro atoms. The van der Waals surface area contributed by atoms with Gasteiger partial charge in [-0.15, -0.1) is 0 Å². The van der Waals surface area contributed by atoms with Crippen molar-refractivity contribution in [2.45, 2.75) is 6.92 Å². The first-order valence-electron chi connectivity index (χ1n) is 10.9. The normalized spacial score (nSPS) is 11.1. The molecule has 2 aromatic heterocycles. The molecule has 0 atom stereocenters. The first-order valence-corrected chi connectivity index (χ1v) is 12.0. The van der Waals surface area contributed by atoms with Gasteiger partial charge in [-0.3, -0.25) is 13.9 Å². The number of imidazole rings is 1. The molecule has 0 aliphatic rings. The van der Waals surface area contributed by atoms with E-state index in [-0.39, 0.29) is 23.3 Å². The zero-order chi connectivity index (χ0) is 25.4. The lowest BCUT2D eigenvalue weighted by Gasteiger charge is -2.15. The fourth-order valence-corrected chi connectivity index (χ4v) is 4.47. The number of rotatable bonds is 5. The molecule has 5 aromatic rings. The zero-order valence-electron chi connectivity index (χ0n) is 18.8. The van der Waals surface area contributed by atoms with E-state index in [4.69, 9.17) is 44.5 Å². The summed E-state index contributed by atoms with van der Waals surface area (Å²) in [7, 11) is 0. The van der Waals surface area contributed by atoms with Crippen LogP contribution in [0.2, 0.25) is 15.1 Å². The van der Waals surface area contributed by atoms with Gasteiger partial charge in [-0.25, -0.2) is 14.8 Å². The van der Waals surface area contributed by atoms with Gasteiger partial charge in [0, 0.05) is 21.3 Å². The Hall–Kier alpha value is -3.65. The maximum atomic E-state index is 14.0. The summed E-state index contributed by atoms with van der Waals surface area (Å²) >= 11 is 18.7. The van der Waals surface area contributed by atoms with Crippen LogP contribution in [0.3, 0.4) is 0 Å². The number of fused-ring (bicyclic) bond motifs is 1. The quantitative estimate of drug-likeness (QED) is 0.242. The molecule has 0 aliphatic carbocycles. The van der Waals surface area contributed by atoms with Gasteiger partial charge in [-0.1, -0.05) is 40.9 Å². The van der Waals surface area contributed by atoms with Crippen molar-refractivity contribution >= 4 is 51.9 Å². The van der Waals surface area contributed by atoms with Gasteiger partial charge in [0.15, 0.2) is 17.0 Å². The number of aromatic nitrogens is 4. The number of hydrogen-bond acceptors (Lipinski definition) is 5. The Morgan fingerprint density at radius 2 is 1.69 bits per heavy atom. The minimum atomic E-state index is -0.458. The molecule has 3 aromatic carbocycles. The van der Waals surface area contributed by atoms with Crippen molar-refractivity contribution < 1.29 is 9.53 Å². The van der Waals surface area contributed by atoms with Crippen LogP contribution in [0.1, 0.15) is 17.3 Å². The van der Waals surface area contributed by atoms with Gasteiger partial charge in [-0.05, 0) is 67.6 Å². The van der Waals surface area contributed by atoms with Crippen LogP contribution in [0.25, 0.3) is 33.9 Å². The van der Waals surface area contributed by atoms with Crippen LogP contribution in [0.15, 0.2) is 77.9 Å². The Kier molecular flexibility index (Phi) is 6.53. The van der Waals surface area contributed by atoms with Crippen LogP contribution in [0.4, 0.5) is 0 Å². The lowest BCUT2D eigenvalue weighted by molar-refractivity contribution is 0.0526. The average Bonchev–Trinajstić information content (AvgIpc) is 3.30. The molecule has 0 saturated heterocycles. The van der Waals surface area contributed by atoms with Gasteiger partial charge in [0.2, 0.25) is 0 Å². The number of hydrogen-bond donors (Lipinski definition) is 0. The summed E-state index contributed by atoms with van der Waals surface area (Å²) in [6.07, 6.45) is 1.49. The maximum Gasteiger partial charge on any atom is 0.338 e. The summed E-state index contributed by atoms with van der Waals surface area (Å²) in [4.78, 5) is 35.4. The zero-order valence-corrected chi connectivity index (χ0v) is 21.1. The first-order chi connectivity index (χ1) is 17.4. The molecule has 0 fully saturated rings. The number of nitrogens with zero attached hydrogens (tertiary/aromatic N) is 4. The van der Waals surface area contributed by atoms with Crippen molar-refractivity contribution in [1.82, 2.24) is 19.1 Å². The predicted octanol–water partition coefficient (Wildman–Crippen LogP) is 6.38. The molecule has 0 radical (unpaired) electrons. The monoisotopic (exact) mass is 538 g/mol. The van der Waals surface area contributed by atoms with Crippen molar-refractivity contribution in [3.63, 3.8) is 0 Å². The lowest BCUT2D eigenvalue weighted by atomic mass is 10.2. The highest BCUT2D eigenvalue weighted by Crippen LogP contribution is 2.31. The second kappa shape index (κ2) is 9.78. The minimum Gasteiger partial charge on any atom is -0.462 e. The Balaban J connectivity index is 1.79. The summed E-state index contributed by atoms with van der Waals surface area (Å²) in [5.41, 5.74) is 2.00. The number of benzene rings is 3. The Bertz CT molecular complexity index is 1680. The van der Waals surface area contributed by atoms with Crippen LogP contribution in [-0.2, 0) is 4.74 Å². The van der Waals surface area contributed by atoms with Crippen molar-refractivity contribution in [3.8, 4) is 22.8 Å². The smallest absolute Gasteiger partial charge is 0.338 e. The van der Waals surface area contributed by atoms with Gasteiger partial charge < -0.3 is 4.74 Å². The van der Waals surface area contributed by atoms with Crippen LogP contribution in [-0.4, -0.2) is 31.7 Å². The number of ether oxygens (including phenoxy) is 1. The molecule has 5 rings (SSSR count). The molecule has 0 N–H and O–H groups in total. The van der Waals surface area contributed by atoms with Crippen molar-refractivity contribution in [2.75, 3.05) is 6.61 Å². The third-order valence-electron chi connectivity index (χ3n) is 5.47. The molecule has 180 valence electrons. The molecular formula is C26H17Cl3N4O3. The van der Waals surface area contributed by atoms with E-state index in [0.717, 1.165) is 0 Å². The molecule has 0 bridgehead atoms. The topological polar surface area (TPSA) is 79.0 Å². The van der Waals surface area contributed by atoms with Gasteiger partial charge in [-0.2, -0.15) is 0 Å². The van der Waals surface area contributed by atoms with Gasteiger partial charge in [0.1, 0.15) is 6.33 Å². The number of halogens is 3. The molecular weight excluding hydrogens is 523 g/mol. The van der Waals surface area contributed by atoms with Crippen LogP contribution < -0.4 is 5.56 Å². The molecule has 0 unspecified atom stereocenters. The third kappa shape index (κ3) is 4.37. The summed E-state index contributed by atoms with van der Waals surface area (Å²) in [5.74, 6) is -0.165. The van der Waals surface area contributed by atoms with Gasteiger partial charge in [0.05, 0.1) is 22.9 Å². The number of carbonyl (C=O) groups excluding carboxylic acids is 1. The van der Waals surface area contributed by atoms with Crippen molar-refractivity contribution in [1.29, 1.82) is 0 Å². The van der Waals surface area contributed by atoms with E-state index in [0.29, 0.717) is 43.4 Å². The second-order valence-electron chi connectivity index (χ2n) is 7.73. The highest BCUT2D eigenvalue weighted by atomic mass is 35.5. The number of esters is 1. The predicted molar refractivity (Wildman–Crippen MR) is 141 cm³/mol. The van der Waals surface area contributed by atoms with Crippen LogP contribution in [0, 0.1) is 0 Å². The van der Waals surface area contributed by atoms with E-state index in [1.54, 1.807) is 78.2 Å². The molecule has 0 saturated carbocycles. The third-order valence-corrected chi connectivity index (χ3v) is 6.27. The maximum absolute atomic E-state index is 14.0. The summed E-state index contributed by atoms with van der Waals surface area (Å²) in [5, 5.41) is 1.31. The molecule has 36 heavy (non-hydrogen) atoms. The van der Waals surface area contributed by atoms with E-state index < -0.39 is 5.97 Å². The van der Waals surface area contributed by atoms with Crippen LogP contribution in [0.5, 0.6) is 0 Å².